The van der Waals surface area contributed by atoms with Crippen LogP contribution in [0.1, 0.15) is 26.3 Å². The minimum Gasteiger partial charge on any atom is -0.388 e. The Bertz CT molecular complexity index is 1170. The molecule has 2 aromatic carbocycles. The van der Waals surface area contributed by atoms with Crippen LogP contribution in [0.5, 0.6) is 0 Å². The minimum atomic E-state index is -1.38. The highest BCUT2D eigenvalue weighted by Crippen LogP contribution is 2.25. The fraction of sp³-hybridized carbons (Fsp3) is 0.261. The van der Waals surface area contributed by atoms with Gasteiger partial charge in [0.15, 0.2) is 11.6 Å². The van der Waals surface area contributed by atoms with Gasteiger partial charge in [-0.1, -0.05) is 0 Å². The fourth-order valence-corrected chi connectivity index (χ4v) is 2.85. The Morgan fingerprint density at radius 3 is 2.41 bits per heavy atom. The first-order valence-electron chi connectivity index (χ1n) is 10.2. The summed E-state index contributed by atoms with van der Waals surface area (Å²) in [5.41, 5.74) is -1.28. The van der Waals surface area contributed by atoms with E-state index in [1.165, 1.54) is 24.4 Å². The van der Waals surface area contributed by atoms with Gasteiger partial charge in [0.1, 0.15) is 17.5 Å². The second kappa shape index (κ2) is 10.0. The van der Waals surface area contributed by atoms with Gasteiger partial charge in [0.2, 0.25) is 5.95 Å². The van der Waals surface area contributed by atoms with E-state index < -0.39 is 53.1 Å². The number of amides is 2. The summed E-state index contributed by atoms with van der Waals surface area (Å²) in [7, 11) is 0. The Hall–Kier alpha value is -3.73. The molecule has 0 aliphatic rings. The lowest BCUT2D eigenvalue weighted by atomic mass is 10.0. The van der Waals surface area contributed by atoms with Crippen LogP contribution in [0.25, 0.3) is 0 Å². The molecule has 1 aromatic heterocycles. The normalized spacial score (nSPS) is 12.2. The highest BCUT2D eigenvalue weighted by atomic mass is 19.2. The third-order valence-corrected chi connectivity index (χ3v) is 5.06. The van der Waals surface area contributed by atoms with Crippen LogP contribution in [0.15, 0.2) is 48.7 Å². The van der Waals surface area contributed by atoms with Crippen molar-refractivity contribution in [2.45, 2.75) is 39.0 Å². The molecule has 3 rings (SSSR count). The molecule has 1 atom stereocenters. The van der Waals surface area contributed by atoms with Gasteiger partial charge >= 0.3 is 6.03 Å². The Kier molecular flexibility index (Phi) is 7.35. The zero-order valence-electron chi connectivity index (χ0n) is 18.6. The quantitative estimate of drug-likeness (QED) is 0.340. The Morgan fingerprint density at radius 1 is 1.09 bits per heavy atom. The van der Waals surface area contributed by atoms with Gasteiger partial charge in [-0.3, -0.25) is 0 Å². The smallest absolute Gasteiger partial charge is 0.327 e. The van der Waals surface area contributed by atoms with Crippen molar-refractivity contribution < 1.29 is 27.5 Å². The summed E-state index contributed by atoms with van der Waals surface area (Å²) in [6, 6.07) is 6.21. The monoisotopic (exact) mass is 477 g/mol. The van der Waals surface area contributed by atoms with E-state index in [4.69, 9.17) is 0 Å². The highest BCUT2D eigenvalue weighted by molar-refractivity contribution is 5.98. The zero-order chi connectivity index (χ0) is 25.0. The molecule has 3 aromatic rings. The number of aliphatic hydroxyl groups is 1. The van der Waals surface area contributed by atoms with Gasteiger partial charge in [-0.2, -0.15) is 4.98 Å². The Balaban J connectivity index is 1.91. The number of aromatic nitrogens is 2. The first-order chi connectivity index (χ1) is 16.0. The molecular formula is C23H23F4N5O2. The number of nitrogens with one attached hydrogen (secondary N) is 2. The SMILES string of the molecule is C[C@H](Nc1nccc(N(C(=O)NCc2cc(F)cc(F)c2F)c2ccc(F)cc2)n1)C(C)(C)O. The Labute approximate surface area is 193 Å². The number of carbonyl (C=O) groups is 1. The maximum Gasteiger partial charge on any atom is 0.327 e. The minimum absolute atomic E-state index is 0.0652. The number of urea groups is 1. The largest absolute Gasteiger partial charge is 0.388 e. The van der Waals surface area contributed by atoms with Crippen LogP contribution in [0, 0.1) is 23.3 Å². The molecular weight excluding hydrogens is 454 g/mol. The number of halogens is 4. The third kappa shape index (κ3) is 5.98. The number of benzene rings is 2. The molecule has 1 heterocycles. The molecule has 0 fully saturated rings. The van der Waals surface area contributed by atoms with E-state index in [1.54, 1.807) is 20.8 Å². The summed E-state index contributed by atoms with van der Waals surface area (Å²) in [5.74, 6) is -4.03. The number of hydrogen-bond acceptors (Lipinski definition) is 5. The zero-order valence-corrected chi connectivity index (χ0v) is 18.6. The molecule has 34 heavy (non-hydrogen) atoms. The van der Waals surface area contributed by atoms with E-state index in [1.807, 2.05) is 0 Å². The molecule has 0 saturated heterocycles. The van der Waals surface area contributed by atoms with Gasteiger partial charge in [-0.25, -0.2) is 32.2 Å². The molecule has 3 N–H and O–H groups in total. The standard InChI is InChI=1S/C23H23F4N5O2/c1-13(23(2,3)34)30-21-28-9-8-19(31-21)32(17-6-4-15(24)5-7-17)22(33)29-12-14-10-16(25)11-18(26)20(14)27/h4-11,13,34H,12H2,1-3H3,(H,29,33)(H,28,30,31)/t13-/m0/s1. The van der Waals surface area contributed by atoms with Crippen molar-refractivity contribution in [2.75, 3.05) is 10.2 Å². The van der Waals surface area contributed by atoms with Gasteiger partial charge in [0.25, 0.3) is 0 Å². The van der Waals surface area contributed by atoms with Crippen LogP contribution in [0.4, 0.5) is 39.8 Å². The average Bonchev–Trinajstić information content (AvgIpc) is 2.76. The van der Waals surface area contributed by atoms with Gasteiger partial charge in [0, 0.05) is 30.4 Å². The lowest BCUT2D eigenvalue weighted by Crippen LogP contribution is -2.40. The second-order valence-corrected chi connectivity index (χ2v) is 8.09. The van der Waals surface area contributed by atoms with E-state index in [-0.39, 0.29) is 17.5 Å². The van der Waals surface area contributed by atoms with Crippen molar-refractivity contribution in [2.24, 2.45) is 0 Å². The van der Waals surface area contributed by atoms with Gasteiger partial charge in [-0.15, -0.1) is 0 Å². The number of carbonyl (C=O) groups excluding carboxylic acids is 1. The molecule has 0 bridgehead atoms. The predicted octanol–water partition coefficient (Wildman–Crippen LogP) is 4.65. The molecule has 0 aliphatic carbocycles. The predicted molar refractivity (Wildman–Crippen MR) is 119 cm³/mol. The van der Waals surface area contributed by atoms with E-state index in [9.17, 15) is 27.5 Å². The van der Waals surface area contributed by atoms with Crippen LogP contribution in [-0.2, 0) is 6.54 Å². The van der Waals surface area contributed by atoms with E-state index in [0.29, 0.717) is 6.07 Å². The summed E-state index contributed by atoms with van der Waals surface area (Å²) < 4.78 is 54.5. The average molecular weight is 477 g/mol. The molecule has 0 saturated carbocycles. The topological polar surface area (TPSA) is 90.4 Å². The first-order valence-corrected chi connectivity index (χ1v) is 10.2. The van der Waals surface area contributed by atoms with E-state index >= 15 is 0 Å². The van der Waals surface area contributed by atoms with Crippen molar-refractivity contribution in [1.29, 1.82) is 0 Å². The van der Waals surface area contributed by atoms with Crippen LogP contribution in [0.2, 0.25) is 0 Å². The molecule has 0 unspecified atom stereocenters. The summed E-state index contributed by atoms with van der Waals surface area (Å²) in [6.07, 6.45) is 1.37. The van der Waals surface area contributed by atoms with Crippen molar-refractivity contribution in [3.8, 4) is 0 Å². The molecule has 11 heteroatoms. The lowest BCUT2D eigenvalue weighted by Gasteiger charge is -2.27. The molecule has 0 radical (unpaired) electrons. The summed E-state index contributed by atoms with van der Waals surface area (Å²) in [6.45, 7) is 4.39. The van der Waals surface area contributed by atoms with Crippen molar-refractivity contribution >= 4 is 23.5 Å². The summed E-state index contributed by atoms with van der Waals surface area (Å²) >= 11 is 0. The summed E-state index contributed by atoms with van der Waals surface area (Å²) in [5, 5.41) is 15.5. The number of rotatable bonds is 7. The third-order valence-electron chi connectivity index (χ3n) is 5.06. The highest BCUT2D eigenvalue weighted by Gasteiger charge is 2.25. The Morgan fingerprint density at radius 2 is 1.76 bits per heavy atom. The lowest BCUT2D eigenvalue weighted by molar-refractivity contribution is 0.0646. The fourth-order valence-electron chi connectivity index (χ4n) is 2.85. The molecule has 2 amide bonds. The van der Waals surface area contributed by atoms with Gasteiger partial charge < -0.3 is 15.7 Å². The van der Waals surface area contributed by atoms with Gasteiger partial charge in [0.05, 0.1) is 17.3 Å². The number of anilines is 3. The molecule has 7 nitrogen and oxygen atoms in total. The maximum absolute atomic E-state index is 14.0. The van der Waals surface area contributed by atoms with Crippen molar-refractivity contribution in [1.82, 2.24) is 15.3 Å². The first kappa shape index (κ1) is 24.9. The maximum atomic E-state index is 14.0. The van der Waals surface area contributed by atoms with Crippen LogP contribution >= 0.6 is 0 Å². The van der Waals surface area contributed by atoms with E-state index in [0.717, 1.165) is 23.1 Å². The van der Waals surface area contributed by atoms with Crippen molar-refractivity contribution in [3.05, 3.63) is 77.5 Å². The molecule has 0 aliphatic heterocycles. The van der Waals surface area contributed by atoms with Crippen LogP contribution < -0.4 is 15.5 Å². The second-order valence-electron chi connectivity index (χ2n) is 8.09. The molecule has 180 valence electrons. The van der Waals surface area contributed by atoms with Gasteiger partial charge in [-0.05, 0) is 51.1 Å². The summed E-state index contributed by atoms with van der Waals surface area (Å²) in [4.78, 5) is 22.5. The van der Waals surface area contributed by atoms with Crippen molar-refractivity contribution in [3.63, 3.8) is 0 Å². The molecule has 0 spiro atoms. The van der Waals surface area contributed by atoms with Crippen LogP contribution in [0.3, 0.4) is 0 Å². The number of hydrogen-bond donors (Lipinski definition) is 3. The van der Waals surface area contributed by atoms with Crippen LogP contribution in [-0.4, -0.2) is 32.7 Å². The number of nitrogens with zero attached hydrogens (tertiary/aromatic N) is 3. The van der Waals surface area contributed by atoms with E-state index in [2.05, 4.69) is 20.6 Å².